The molecule has 0 aliphatic carbocycles. The van der Waals surface area contributed by atoms with E-state index in [0.717, 1.165) is 30.8 Å². The van der Waals surface area contributed by atoms with Gasteiger partial charge in [0.2, 0.25) is 0 Å². The Balaban J connectivity index is 4.04. The van der Waals surface area contributed by atoms with Crippen molar-refractivity contribution in [3.8, 4) is 12.3 Å². The van der Waals surface area contributed by atoms with E-state index >= 15 is 0 Å². The molecule has 1 heteroatoms. The predicted octanol–water partition coefficient (Wildman–Crippen LogP) is 4.52. The van der Waals surface area contributed by atoms with Crippen LogP contribution in [0, 0.1) is 18.3 Å². The fraction of sp³-hybridized carbons (Fsp3) is 0.688. The van der Waals surface area contributed by atoms with Crippen molar-refractivity contribution < 1.29 is 4.79 Å². The quantitative estimate of drug-likeness (QED) is 0.325. The fourth-order valence-electron chi connectivity index (χ4n) is 1.82. The zero-order valence-corrected chi connectivity index (χ0v) is 11.6. The third-order valence-corrected chi connectivity index (χ3v) is 2.78. The Hall–Kier alpha value is -1.03. The number of unbranched alkanes of at least 4 members (excludes halogenated alkanes) is 1. The molecule has 0 aromatic rings. The lowest BCUT2D eigenvalue weighted by atomic mass is 9.98. The van der Waals surface area contributed by atoms with Crippen LogP contribution in [0.25, 0.3) is 0 Å². The number of terminal acetylenes is 1. The highest BCUT2D eigenvalue weighted by Gasteiger charge is 2.08. The molecule has 0 aliphatic rings. The first-order valence-electron chi connectivity index (χ1n) is 6.77. The van der Waals surface area contributed by atoms with Gasteiger partial charge in [-0.3, -0.25) is 4.79 Å². The molecule has 0 bridgehead atoms. The standard InChI is InChI=1S/C16H26O/c1-5-7-13-16(17)15(10-6-2)12-9-8-11-14(3)4/h1,10,14H,6-9,11-13H2,2-4H3. The first kappa shape index (κ1) is 16.0. The van der Waals surface area contributed by atoms with Crippen molar-refractivity contribution in [2.45, 2.75) is 65.7 Å². The maximum Gasteiger partial charge on any atom is 0.159 e. The predicted molar refractivity (Wildman–Crippen MR) is 74.8 cm³/mol. The Morgan fingerprint density at radius 1 is 1.29 bits per heavy atom. The van der Waals surface area contributed by atoms with Gasteiger partial charge in [0.15, 0.2) is 5.78 Å². The Morgan fingerprint density at radius 2 is 2.00 bits per heavy atom. The molecular formula is C16H26O. The maximum atomic E-state index is 11.9. The van der Waals surface area contributed by atoms with Gasteiger partial charge in [-0.1, -0.05) is 39.7 Å². The van der Waals surface area contributed by atoms with Gasteiger partial charge in [-0.2, -0.15) is 0 Å². The lowest BCUT2D eigenvalue weighted by Gasteiger charge is -2.07. The monoisotopic (exact) mass is 234 g/mol. The average Bonchev–Trinajstić information content (AvgIpc) is 2.29. The van der Waals surface area contributed by atoms with Crippen molar-refractivity contribution in [2.75, 3.05) is 0 Å². The lowest BCUT2D eigenvalue weighted by molar-refractivity contribution is -0.115. The molecule has 0 aliphatic heterocycles. The topological polar surface area (TPSA) is 17.1 Å². The zero-order valence-electron chi connectivity index (χ0n) is 11.6. The van der Waals surface area contributed by atoms with Gasteiger partial charge in [0.25, 0.3) is 0 Å². The maximum absolute atomic E-state index is 11.9. The minimum absolute atomic E-state index is 0.245. The normalized spacial score (nSPS) is 11.6. The molecule has 0 atom stereocenters. The molecule has 17 heavy (non-hydrogen) atoms. The Morgan fingerprint density at radius 3 is 2.53 bits per heavy atom. The Kier molecular flexibility index (Phi) is 9.53. The van der Waals surface area contributed by atoms with Crippen molar-refractivity contribution in [2.24, 2.45) is 5.92 Å². The molecule has 0 N–H and O–H groups in total. The van der Waals surface area contributed by atoms with Crippen LogP contribution in [0.4, 0.5) is 0 Å². The molecule has 0 radical (unpaired) electrons. The molecule has 0 saturated heterocycles. The SMILES string of the molecule is C#CCCC(=O)C(=CCC)CCCCC(C)C. The number of Topliss-reactive ketones (excluding diaryl/α,β-unsaturated/α-hetero) is 1. The summed E-state index contributed by atoms with van der Waals surface area (Å²) < 4.78 is 0. The molecule has 0 aromatic carbocycles. The van der Waals surface area contributed by atoms with Gasteiger partial charge in [-0.25, -0.2) is 0 Å². The Labute approximate surface area is 107 Å². The van der Waals surface area contributed by atoms with Crippen LogP contribution in [0.1, 0.15) is 65.7 Å². The highest BCUT2D eigenvalue weighted by Crippen LogP contribution is 2.15. The number of rotatable bonds is 9. The molecule has 0 rings (SSSR count). The molecular weight excluding hydrogens is 208 g/mol. The summed E-state index contributed by atoms with van der Waals surface area (Å²) in [6, 6.07) is 0. The van der Waals surface area contributed by atoms with Gasteiger partial charge in [0.05, 0.1) is 0 Å². The molecule has 0 aromatic heterocycles. The fourth-order valence-corrected chi connectivity index (χ4v) is 1.82. The highest BCUT2D eigenvalue weighted by molar-refractivity contribution is 5.95. The largest absolute Gasteiger partial charge is 0.295 e. The van der Waals surface area contributed by atoms with Crippen LogP contribution in [0.15, 0.2) is 11.6 Å². The molecule has 0 heterocycles. The summed E-state index contributed by atoms with van der Waals surface area (Å²) in [5, 5.41) is 0. The highest BCUT2D eigenvalue weighted by atomic mass is 16.1. The summed E-state index contributed by atoms with van der Waals surface area (Å²) in [6.07, 6.45) is 13.7. The number of carbonyl (C=O) groups excluding carboxylic acids is 1. The second-order valence-corrected chi connectivity index (χ2v) is 4.90. The number of ketones is 1. The van der Waals surface area contributed by atoms with Crippen molar-refractivity contribution >= 4 is 5.78 Å². The smallest absolute Gasteiger partial charge is 0.159 e. The number of hydrogen-bond acceptors (Lipinski definition) is 1. The van der Waals surface area contributed by atoms with E-state index in [-0.39, 0.29) is 5.78 Å². The van der Waals surface area contributed by atoms with Crippen LogP contribution in [-0.2, 0) is 4.79 Å². The first-order valence-corrected chi connectivity index (χ1v) is 6.77. The third kappa shape index (κ3) is 8.74. The number of allylic oxidation sites excluding steroid dienone is 2. The molecule has 96 valence electrons. The van der Waals surface area contributed by atoms with Crippen molar-refractivity contribution in [3.63, 3.8) is 0 Å². The van der Waals surface area contributed by atoms with Crippen LogP contribution in [0.3, 0.4) is 0 Å². The summed E-state index contributed by atoms with van der Waals surface area (Å²) in [7, 11) is 0. The molecule has 1 nitrogen and oxygen atoms in total. The third-order valence-electron chi connectivity index (χ3n) is 2.78. The van der Waals surface area contributed by atoms with Crippen LogP contribution in [0.5, 0.6) is 0 Å². The first-order chi connectivity index (χ1) is 8.11. The average molecular weight is 234 g/mol. The number of carbonyl (C=O) groups is 1. The van der Waals surface area contributed by atoms with Gasteiger partial charge in [-0.15, -0.1) is 12.3 Å². The van der Waals surface area contributed by atoms with Gasteiger partial charge in [-0.05, 0) is 30.8 Å². The van der Waals surface area contributed by atoms with Crippen LogP contribution < -0.4 is 0 Å². The van der Waals surface area contributed by atoms with Gasteiger partial charge < -0.3 is 0 Å². The van der Waals surface area contributed by atoms with E-state index in [2.05, 4.69) is 32.8 Å². The second kappa shape index (κ2) is 10.1. The van der Waals surface area contributed by atoms with E-state index in [9.17, 15) is 4.79 Å². The molecule has 0 unspecified atom stereocenters. The molecule has 0 amide bonds. The summed E-state index contributed by atoms with van der Waals surface area (Å²) in [4.78, 5) is 11.9. The van der Waals surface area contributed by atoms with Gasteiger partial charge >= 0.3 is 0 Å². The molecule has 0 spiro atoms. The summed E-state index contributed by atoms with van der Waals surface area (Å²) in [5.74, 6) is 3.53. The van der Waals surface area contributed by atoms with Crippen LogP contribution in [-0.4, -0.2) is 5.78 Å². The van der Waals surface area contributed by atoms with Crippen molar-refractivity contribution in [1.82, 2.24) is 0 Å². The second-order valence-electron chi connectivity index (χ2n) is 4.90. The lowest BCUT2D eigenvalue weighted by Crippen LogP contribution is -2.02. The van der Waals surface area contributed by atoms with Gasteiger partial charge in [0.1, 0.15) is 0 Å². The van der Waals surface area contributed by atoms with E-state index in [4.69, 9.17) is 6.42 Å². The van der Waals surface area contributed by atoms with E-state index < -0.39 is 0 Å². The molecule has 0 saturated carbocycles. The summed E-state index contributed by atoms with van der Waals surface area (Å²) >= 11 is 0. The summed E-state index contributed by atoms with van der Waals surface area (Å²) in [5.41, 5.74) is 0.992. The zero-order chi connectivity index (χ0) is 13.1. The Bertz CT molecular complexity index is 278. The van der Waals surface area contributed by atoms with Crippen LogP contribution in [0.2, 0.25) is 0 Å². The van der Waals surface area contributed by atoms with E-state index in [0.29, 0.717) is 12.8 Å². The van der Waals surface area contributed by atoms with E-state index in [1.54, 1.807) is 0 Å². The van der Waals surface area contributed by atoms with Gasteiger partial charge in [0, 0.05) is 12.8 Å². The molecule has 0 fully saturated rings. The van der Waals surface area contributed by atoms with E-state index in [1.807, 2.05) is 0 Å². The van der Waals surface area contributed by atoms with Crippen LogP contribution >= 0.6 is 0 Å². The number of hydrogen-bond donors (Lipinski definition) is 0. The van der Waals surface area contributed by atoms with Crippen molar-refractivity contribution in [1.29, 1.82) is 0 Å². The van der Waals surface area contributed by atoms with E-state index in [1.165, 1.54) is 12.8 Å². The summed E-state index contributed by atoms with van der Waals surface area (Å²) in [6.45, 7) is 6.55. The minimum Gasteiger partial charge on any atom is -0.295 e. The minimum atomic E-state index is 0.245. The van der Waals surface area contributed by atoms with Crippen molar-refractivity contribution in [3.05, 3.63) is 11.6 Å².